The van der Waals surface area contributed by atoms with Crippen molar-refractivity contribution in [2.75, 3.05) is 46.2 Å². The van der Waals surface area contributed by atoms with Gasteiger partial charge >= 0.3 is 11.9 Å². The van der Waals surface area contributed by atoms with Crippen LogP contribution in [0.5, 0.6) is 0 Å². The van der Waals surface area contributed by atoms with E-state index in [4.69, 9.17) is 56.8 Å². The van der Waals surface area contributed by atoms with E-state index in [1.165, 1.54) is 64.2 Å². The summed E-state index contributed by atoms with van der Waals surface area (Å²) in [6.07, 6.45) is -32.8. The van der Waals surface area contributed by atoms with Crippen LogP contribution in [-0.2, 0) is 85.6 Å². The largest absolute Gasteiger partial charge is 0.477 e. The smallest absolute Gasteiger partial charge is 0.364 e. The van der Waals surface area contributed by atoms with Crippen molar-refractivity contribution in [3.8, 4) is 0 Å². The average molecular weight is 1840 g/mol. The molecule has 42 heteroatoms. The van der Waals surface area contributed by atoms with Gasteiger partial charge in [0.2, 0.25) is 17.7 Å². The van der Waals surface area contributed by atoms with Gasteiger partial charge in [0.1, 0.15) is 128 Å². The highest BCUT2D eigenvalue weighted by Gasteiger charge is 2.64. The van der Waals surface area contributed by atoms with E-state index in [0.29, 0.717) is 12.8 Å². The van der Waals surface area contributed by atoms with E-state index < -0.39 is 308 Å². The van der Waals surface area contributed by atoms with Crippen molar-refractivity contribution in [2.24, 2.45) is 5.92 Å². The number of amides is 3. The van der Waals surface area contributed by atoms with E-state index in [2.05, 4.69) is 41.9 Å². The molecule has 42 nitrogen and oxygen atoms in total. The summed E-state index contributed by atoms with van der Waals surface area (Å²) in [6, 6.07) is -4.69. The highest BCUT2D eigenvalue weighted by atomic mass is 16.8. The summed E-state index contributed by atoms with van der Waals surface area (Å²) in [4.78, 5) is 79.7. The van der Waals surface area contributed by atoms with Crippen LogP contribution in [0.4, 0.5) is 0 Å². The number of unbranched alkanes of at least 4 members (excludes halogenated alkanes) is 23. The average Bonchev–Trinajstić information content (AvgIpc) is 0.752. The second kappa shape index (κ2) is 56.6. The second-order valence-corrected chi connectivity index (χ2v) is 34.6. The number of carboxylic acid groups (broad SMARTS) is 2. The number of allylic oxidation sites excluding steroid dienone is 2. The van der Waals surface area contributed by atoms with Gasteiger partial charge in [-0.15, -0.1) is 0 Å². The second-order valence-electron chi connectivity index (χ2n) is 34.6. The molecule has 6 aliphatic heterocycles. The van der Waals surface area contributed by atoms with Gasteiger partial charge in [0.05, 0.1) is 88.8 Å². The van der Waals surface area contributed by atoms with Crippen molar-refractivity contribution in [2.45, 2.75) is 435 Å². The Morgan fingerprint density at radius 3 is 1.26 bits per heavy atom. The molecule has 2 unspecified atom stereocenters. The Hall–Kier alpha value is -4.48. The van der Waals surface area contributed by atoms with Gasteiger partial charge in [-0.1, -0.05) is 161 Å². The van der Waals surface area contributed by atoms with E-state index in [1.54, 1.807) is 0 Å². The first-order valence-corrected chi connectivity index (χ1v) is 45.4. The third-order valence-electron chi connectivity index (χ3n) is 24.4. The number of carboxylic acids is 2. The molecule has 6 fully saturated rings. The van der Waals surface area contributed by atoms with Crippen LogP contribution in [0.3, 0.4) is 0 Å². The number of carbonyl (C=O) groups is 6. The van der Waals surface area contributed by atoms with Crippen LogP contribution >= 0.6 is 0 Å². The van der Waals surface area contributed by atoms with Crippen molar-refractivity contribution in [1.82, 2.24) is 16.0 Å². The molecule has 127 heavy (non-hydrogen) atoms. The summed E-state index contributed by atoms with van der Waals surface area (Å²) in [5.41, 5.74) is 0. The van der Waals surface area contributed by atoms with E-state index in [0.717, 1.165) is 111 Å². The molecule has 738 valence electrons. The van der Waals surface area contributed by atoms with E-state index in [-0.39, 0.29) is 12.8 Å². The van der Waals surface area contributed by atoms with Crippen LogP contribution in [0.25, 0.3) is 0 Å². The number of Topliss-reactive ketones (excluding diaryl/α,β-unsaturated/α-hetero) is 1. The number of ether oxygens (including phenoxy) is 12. The number of carbonyl (C=O) groups excluding carboxylic acids is 4. The van der Waals surface area contributed by atoms with Crippen molar-refractivity contribution >= 4 is 35.4 Å². The van der Waals surface area contributed by atoms with E-state index in [1.807, 2.05) is 0 Å². The van der Waals surface area contributed by atoms with Gasteiger partial charge in [-0.2, -0.15) is 0 Å². The van der Waals surface area contributed by atoms with Crippen LogP contribution in [-0.4, -0.2) is 390 Å². The molecular formula is C85H149N3O39. The van der Waals surface area contributed by atoms with Gasteiger partial charge in [-0.25, -0.2) is 9.59 Å². The van der Waals surface area contributed by atoms with Crippen molar-refractivity contribution in [1.29, 1.82) is 0 Å². The number of rotatable bonds is 60. The predicted molar refractivity (Wildman–Crippen MR) is 441 cm³/mol. The van der Waals surface area contributed by atoms with E-state index >= 15 is 0 Å². The van der Waals surface area contributed by atoms with Crippen LogP contribution in [0.15, 0.2) is 12.2 Å². The Balaban J connectivity index is 1.30. The number of aliphatic hydroxyl groups is 19. The summed E-state index contributed by atoms with van der Waals surface area (Å²) in [6.45, 7) is -0.577. The van der Waals surface area contributed by atoms with Gasteiger partial charge in [-0.05, 0) is 45.4 Å². The summed E-state index contributed by atoms with van der Waals surface area (Å²) in [5.74, 6) is -16.1. The van der Waals surface area contributed by atoms with Crippen LogP contribution in [0, 0.1) is 5.92 Å². The molecule has 6 heterocycles. The molecule has 0 radical (unpaired) electrons. The lowest BCUT2D eigenvalue weighted by Gasteiger charge is -2.53. The molecule has 0 aromatic heterocycles. The maximum Gasteiger partial charge on any atom is 0.364 e. The molecule has 0 aliphatic carbocycles. The first kappa shape index (κ1) is 111. The first-order valence-electron chi connectivity index (χ1n) is 45.4. The Bertz CT molecular complexity index is 3200. The number of nitrogens with one attached hydrogen (secondary N) is 3. The maximum absolute atomic E-state index is 14.1. The minimum atomic E-state index is -3.48. The van der Waals surface area contributed by atoms with Crippen LogP contribution < -0.4 is 16.0 Å². The standard InChI is InChI=1S/C85H149N3O39/c1-6-8-10-12-14-16-18-20-21-23-25-27-29-31-33-35-60(103)88-50(51(98)34-32-30-28-26-24-22-19-17-15-13-11-9-7-2)45-116-79-68(109)67(108)72(58(43-93)119-79)122-81-70(111)77(127-85(83(114)115)38-53(100)62(87-48(5)97)75(125-85)64(105)55(102)40-90)73(59(44-94)120-81)123-78-49(36-46(3)95)71(65(106)56(41-91)117-78)121-80-69(110)76(66(107)57(42-92)118-80)126-84(82(112)113)37-52(99)61(86-47(4)96)74(124-84)63(104)54(101)39-89/h16,18,49-59,61-81,89-94,98-102,104-111H,6-15,17,19-45H2,1-5H3,(H,86,96)(H,87,97)(H,88,103)(H,112,113)(H,114,115)/t49-,50+,51-,52+,53+,54-,55-,56-,57-,58-,59-,61-,62-,63-,64-,65+,66+,67-,68-,69-,70-,71-,72-,73+,74?,75?,76+,77-,78+,79-,80+,81+,84+,85+/m1/s1. The third kappa shape index (κ3) is 32.7. The van der Waals surface area contributed by atoms with Crippen LogP contribution in [0.1, 0.15) is 234 Å². The van der Waals surface area contributed by atoms with Gasteiger partial charge < -0.3 is 185 Å². The Morgan fingerprint density at radius 2 is 0.811 bits per heavy atom. The molecule has 6 rings (SSSR count). The van der Waals surface area contributed by atoms with Crippen molar-refractivity contribution < 1.29 is 193 Å². The van der Waals surface area contributed by atoms with Gasteiger partial charge in [0.25, 0.3) is 11.6 Å². The lowest BCUT2D eigenvalue weighted by molar-refractivity contribution is -0.408. The van der Waals surface area contributed by atoms with Crippen molar-refractivity contribution in [3.05, 3.63) is 12.2 Å². The number of aliphatic hydroxyl groups excluding tert-OH is 19. The predicted octanol–water partition coefficient (Wildman–Crippen LogP) is -2.78. The SMILES string of the molecule is CCCCCCC=CCCCCCCCCCC(=O)N[C@@H](CO[C@@H]1O[C@H](CO)[C@@H](O[C@@H]2O[C@H](CO)[C@H](O[C@@H]3O[C@H](CO)[C@H](O)[C@H](O[C@@H]4O[C@H](CO)[C@H](O)[C@H](O[C@]5(C(=O)O)C[C@H](O)[C@@H](NC(C)=O)C([C@H](O)[C@H](O)CO)O5)[C@H]4O)[C@H]3CC(C)=O)[C@H](O[C@]3(C(=O)O)C[C@H](O)[C@@H](NC(C)=O)C([C@H](O)[C@H](O)CO)O3)[C@H]2O)[C@H](O)[C@H]1O)[C@H](O)CCCCCCCCCCCCCCC. The zero-order valence-corrected chi connectivity index (χ0v) is 73.7. The van der Waals surface area contributed by atoms with E-state index in [9.17, 15) is 136 Å². The molecule has 6 aliphatic rings. The third-order valence-corrected chi connectivity index (χ3v) is 24.4. The normalized spacial score (nSPS) is 35.1. The van der Waals surface area contributed by atoms with Crippen molar-refractivity contribution in [3.63, 3.8) is 0 Å². The minimum Gasteiger partial charge on any atom is -0.477 e. The molecule has 0 spiro atoms. The van der Waals surface area contributed by atoms with Gasteiger partial charge in [0, 0.05) is 45.4 Å². The zero-order valence-electron chi connectivity index (χ0n) is 73.7. The Morgan fingerprint density at radius 1 is 0.425 bits per heavy atom. The topological polar surface area (TPSA) is 674 Å². The lowest BCUT2D eigenvalue weighted by Crippen LogP contribution is -2.71. The fourth-order valence-electron chi connectivity index (χ4n) is 17.2. The van der Waals surface area contributed by atoms with Crippen LogP contribution in [0.2, 0.25) is 0 Å². The molecule has 0 saturated carbocycles. The molecule has 0 aromatic carbocycles. The maximum atomic E-state index is 14.1. The highest BCUT2D eigenvalue weighted by Crippen LogP contribution is 2.44. The Labute approximate surface area is 740 Å². The number of aliphatic carboxylic acids is 2. The highest BCUT2D eigenvalue weighted by molar-refractivity contribution is 5.78. The number of hydrogen-bond acceptors (Lipinski definition) is 37. The molecule has 0 bridgehead atoms. The molecule has 0 aromatic rings. The fraction of sp³-hybridized carbons (Fsp3) is 0.906. The summed E-state index contributed by atoms with van der Waals surface area (Å²) < 4.78 is 72.8. The molecule has 34 atom stereocenters. The summed E-state index contributed by atoms with van der Waals surface area (Å²) in [7, 11) is 0. The Kier molecular flexibility index (Phi) is 49.6. The molecule has 3 amide bonds. The zero-order chi connectivity index (χ0) is 93.8. The number of ketones is 1. The van der Waals surface area contributed by atoms with Gasteiger partial charge in [-0.3, -0.25) is 14.4 Å². The fourth-order valence-corrected chi connectivity index (χ4v) is 17.2. The monoisotopic (exact) mass is 1840 g/mol. The molecule has 6 saturated heterocycles. The number of hydrogen-bond donors (Lipinski definition) is 24. The summed E-state index contributed by atoms with van der Waals surface area (Å²) in [5, 5.41) is 245. The lowest BCUT2D eigenvalue weighted by atomic mass is 9.86. The molecule has 24 N–H and O–H groups in total. The quantitative estimate of drug-likeness (QED) is 0.0216. The van der Waals surface area contributed by atoms with Gasteiger partial charge in [0.15, 0.2) is 25.2 Å². The minimum absolute atomic E-state index is 0.113. The summed E-state index contributed by atoms with van der Waals surface area (Å²) >= 11 is 0. The first-order chi connectivity index (χ1) is 60.6. The molecular weight excluding hydrogens is 1690 g/mol.